The van der Waals surface area contributed by atoms with Crippen molar-refractivity contribution in [1.29, 1.82) is 0 Å². The highest BCUT2D eigenvalue weighted by Gasteiger charge is 2.21. The maximum Gasteiger partial charge on any atom is 0.170 e. The number of ether oxygens (including phenoxy) is 4. The van der Waals surface area contributed by atoms with E-state index in [-0.39, 0.29) is 0 Å². The van der Waals surface area contributed by atoms with Crippen LogP contribution in [0.15, 0.2) is 36.4 Å². The molecule has 0 aliphatic rings. The molecule has 0 radical (unpaired) electrons. The third-order valence-corrected chi connectivity index (χ3v) is 4.11. The summed E-state index contributed by atoms with van der Waals surface area (Å²) in [5.74, 6) is 2.59. The quantitative estimate of drug-likeness (QED) is 0.648. The molecule has 2 aromatic carbocycles. The van der Waals surface area contributed by atoms with E-state index in [9.17, 15) is 0 Å². The van der Waals surface area contributed by atoms with Crippen molar-refractivity contribution in [2.24, 2.45) is 0 Å². The van der Waals surface area contributed by atoms with E-state index in [0.717, 1.165) is 29.0 Å². The molecular formula is C20H23N3O4. The summed E-state index contributed by atoms with van der Waals surface area (Å²) in [6.07, 6.45) is 0.966. The lowest BCUT2D eigenvalue weighted by Crippen LogP contribution is -1.97. The standard InChI is InChI=1S/C20H23N3O4/c1-5-10-27-14-8-6-13(7-9-14)18-19(22-23-21-18)16-11-15(24-2)12-17(25-3)20(16)26-4/h6-9,11-12H,5,10H2,1-4H3,(H,21,22,23). The molecule has 0 aliphatic carbocycles. The fourth-order valence-electron chi connectivity index (χ4n) is 2.79. The van der Waals surface area contributed by atoms with Crippen molar-refractivity contribution in [3.63, 3.8) is 0 Å². The summed E-state index contributed by atoms with van der Waals surface area (Å²) >= 11 is 0. The van der Waals surface area contributed by atoms with Gasteiger partial charge in [0.1, 0.15) is 17.2 Å². The number of methoxy groups -OCH3 is 3. The minimum Gasteiger partial charge on any atom is -0.497 e. The molecule has 0 bridgehead atoms. The lowest BCUT2D eigenvalue weighted by Gasteiger charge is -2.14. The van der Waals surface area contributed by atoms with Crippen molar-refractivity contribution in [3.8, 4) is 45.5 Å². The summed E-state index contributed by atoms with van der Waals surface area (Å²) in [6, 6.07) is 11.4. The largest absolute Gasteiger partial charge is 0.497 e. The Hall–Kier alpha value is -3.22. The topological polar surface area (TPSA) is 78.5 Å². The van der Waals surface area contributed by atoms with Crippen molar-refractivity contribution >= 4 is 0 Å². The maximum atomic E-state index is 5.64. The number of benzene rings is 2. The van der Waals surface area contributed by atoms with Gasteiger partial charge in [0.05, 0.1) is 39.2 Å². The number of nitrogens with one attached hydrogen (secondary N) is 1. The summed E-state index contributed by atoms with van der Waals surface area (Å²) in [7, 11) is 4.77. The van der Waals surface area contributed by atoms with Crippen LogP contribution in [-0.4, -0.2) is 43.3 Å². The summed E-state index contributed by atoms with van der Waals surface area (Å²) in [4.78, 5) is 0. The van der Waals surface area contributed by atoms with Gasteiger partial charge in [-0.05, 0) is 36.8 Å². The molecule has 27 heavy (non-hydrogen) atoms. The Morgan fingerprint density at radius 3 is 2.33 bits per heavy atom. The highest BCUT2D eigenvalue weighted by Crippen LogP contribution is 2.43. The molecule has 7 nitrogen and oxygen atoms in total. The molecule has 0 spiro atoms. The average molecular weight is 369 g/mol. The molecule has 0 atom stereocenters. The van der Waals surface area contributed by atoms with E-state index in [4.69, 9.17) is 18.9 Å². The van der Waals surface area contributed by atoms with Gasteiger partial charge in [0.2, 0.25) is 0 Å². The Labute approximate surface area is 158 Å². The minimum absolute atomic E-state index is 0.559. The Morgan fingerprint density at radius 1 is 0.926 bits per heavy atom. The summed E-state index contributed by atoms with van der Waals surface area (Å²) in [6.45, 7) is 2.77. The van der Waals surface area contributed by atoms with E-state index >= 15 is 0 Å². The number of rotatable bonds is 8. The zero-order chi connectivity index (χ0) is 19.2. The molecule has 0 amide bonds. The highest BCUT2D eigenvalue weighted by atomic mass is 16.5. The van der Waals surface area contributed by atoms with Crippen LogP contribution >= 0.6 is 0 Å². The first-order valence-corrected chi connectivity index (χ1v) is 8.66. The van der Waals surface area contributed by atoms with Crippen molar-refractivity contribution in [1.82, 2.24) is 15.4 Å². The van der Waals surface area contributed by atoms with Crippen molar-refractivity contribution in [2.45, 2.75) is 13.3 Å². The summed E-state index contributed by atoms with van der Waals surface area (Å²) in [5, 5.41) is 11.2. The van der Waals surface area contributed by atoms with Crippen LogP contribution in [0.1, 0.15) is 13.3 Å². The maximum absolute atomic E-state index is 5.64. The molecule has 3 aromatic rings. The molecule has 7 heteroatoms. The van der Waals surface area contributed by atoms with E-state index < -0.39 is 0 Å². The lowest BCUT2D eigenvalue weighted by molar-refractivity contribution is 0.317. The van der Waals surface area contributed by atoms with Crippen LogP contribution < -0.4 is 18.9 Å². The van der Waals surface area contributed by atoms with Crippen molar-refractivity contribution < 1.29 is 18.9 Å². The second-order valence-corrected chi connectivity index (χ2v) is 5.82. The smallest absolute Gasteiger partial charge is 0.170 e. The minimum atomic E-state index is 0.559. The number of aromatic amines is 1. The van der Waals surface area contributed by atoms with Gasteiger partial charge in [-0.25, -0.2) is 0 Å². The van der Waals surface area contributed by atoms with E-state index in [1.54, 1.807) is 27.4 Å². The molecule has 0 saturated carbocycles. The van der Waals surface area contributed by atoms with Crippen LogP contribution in [0, 0.1) is 0 Å². The van der Waals surface area contributed by atoms with E-state index in [0.29, 0.717) is 29.5 Å². The first-order valence-electron chi connectivity index (χ1n) is 8.66. The predicted octanol–water partition coefficient (Wildman–Crippen LogP) is 3.95. The first-order chi connectivity index (χ1) is 13.2. The molecule has 1 aromatic heterocycles. The fraction of sp³-hybridized carbons (Fsp3) is 0.300. The normalized spacial score (nSPS) is 10.5. The van der Waals surface area contributed by atoms with E-state index in [2.05, 4.69) is 22.3 Å². The Balaban J connectivity index is 2.05. The van der Waals surface area contributed by atoms with E-state index in [1.807, 2.05) is 30.3 Å². The number of H-pyrrole nitrogens is 1. The van der Waals surface area contributed by atoms with Crippen molar-refractivity contribution in [3.05, 3.63) is 36.4 Å². The van der Waals surface area contributed by atoms with Gasteiger partial charge in [-0.3, -0.25) is 5.10 Å². The molecule has 0 aliphatic heterocycles. The number of hydrogen-bond acceptors (Lipinski definition) is 6. The first kappa shape index (κ1) is 18.6. The van der Waals surface area contributed by atoms with Gasteiger partial charge < -0.3 is 18.9 Å². The molecule has 1 heterocycles. The van der Waals surface area contributed by atoms with Gasteiger partial charge in [-0.2, -0.15) is 0 Å². The SMILES string of the molecule is CCCOc1ccc(-c2[nH]nnc2-c2cc(OC)cc(OC)c2OC)cc1. The van der Waals surface area contributed by atoms with E-state index in [1.165, 1.54) is 0 Å². The molecular weight excluding hydrogens is 346 g/mol. The van der Waals surface area contributed by atoms with Gasteiger partial charge in [0, 0.05) is 11.6 Å². The molecule has 0 fully saturated rings. The third-order valence-electron chi connectivity index (χ3n) is 4.11. The molecule has 0 saturated heterocycles. The molecule has 0 unspecified atom stereocenters. The zero-order valence-corrected chi connectivity index (χ0v) is 15.9. The van der Waals surface area contributed by atoms with Crippen LogP contribution in [0.2, 0.25) is 0 Å². The Bertz CT molecular complexity index is 891. The second kappa shape index (κ2) is 8.44. The molecule has 142 valence electrons. The summed E-state index contributed by atoms with van der Waals surface area (Å²) < 4.78 is 22.0. The number of hydrogen-bond donors (Lipinski definition) is 1. The monoisotopic (exact) mass is 369 g/mol. The van der Waals surface area contributed by atoms with Crippen LogP contribution in [0.25, 0.3) is 22.5 Å². The lowest BCUT2D eigenvalue weighted by atomic mass is 10.0. The van der Waals surface area contributed by atoms with Crippen molar-refractivity contribution in [2.75, 3.05) is 27.9 Å². The average Bonchev–Trinajstić information content (AvgIpc) is 3.21. The number of nitrogens with zero attached hydrogens (tertiary/aromatic N) is 2. The van der Waals surface area contributed by atoms with Gasteiger partial charge in [0.25, 0.3) is 0 Å². The Kier molecular flexibility index (Phi) is 5.80. The number of aromatic nitrogens is 3. The van der Waals surface area contributed by atoms with Gasteiger partial charge in [-0.1, -0.05) is 12.1 Å². The predicted molar refractivity (Wildman–Crippen MR) is 103 cm³/mol. The van der Waals surface area contributed by atoms with Gasteiger partial charge in [-0.15, -0.1) is 5.10 Å². The zero-order valence-electron chi connectivity index (χ0n) is 15.9. The van der Waals surface area contributed by atoms with Crippen LogP contribution in [0.4, 0.5) is 0 Å². The van der Waals surface area contributed by atoms with Gasteiger partial charge >= 0.3 is 0 Å². The second-order valence-electron chi connectivity index (χ2n) is 5.82. The van der Waals surface area contributed by atoms with Crippen LogP contribution in [-0.2, 0) is 0 Å². The highest BCUT2D eigenvalue weighted by molar-refractivity contribution is 5.83. The Morgan fingerprint density at radius 2 is 1.70 bits per heavy atom. The van der Waals surface area contributed by atoms with Crippen LogP contribution in [0.3, 0.4) is 0 Å². The fourth-order valence-corrected chi connectivity index (χ4v) is 2.79. The molecule has 1 N–H and O–H groups in total. The summed E-state index contributed by atoms with van der Waals surface area (Å²) in [5.41, 5.74) is 3.07. The third kappa shape index (κ3) is 3.81. The van der Waals surface area contributed by atoms with Gasteiger partial charge in [0.15, 0.2) is 11.5 Å². The molecule has 3 rings (SSSR count). The van der Waals surface area contributed by atoms with Crippen LogP contribution in [0.5, 0.6) is 23.0 Å².